The molecule has 3 unspecified atom stereocenters. The highest BCUT2D eigenvalue weighted by atomic mass is 16.6. The van der Waals surface area contributed by atoms with E-state index < -0.39 is 29.0 Å². The monoisotopic (exact) mass is 804 g/mol. The third-order valence-electron chi connectivity index (χ3n) is 13.4. The highest BCUT2D eigenvalue weighted by Crippen LogP contribution is 2.57. The minimum atomic E-state index is -1.10. The van der Waals surface area contributed by atoms with Gasteiger partial charge in [0.15, 0.2) is 5.78 Å². The van der Waals surface area contributed by atoms with Crippen molar-refractivity contribution in [2.24, 2.45) is 0 Å². The van der Waals surface area contributed by atoms with Crippen molar-refractivity contribution in [2.75, 3.05) is 0 Å². The summed E-state index contributed by atoms with van der Waals surface area (Å²) in [5, 5.41) is 51.2. The van der Waals surface area contributed by atoms with E-state index in [4.69, 9.17) is 4.74 Å². The van der Waals surface area contributed by atoms with Crippen molar-refractivity contribution in [3.63, 3.8) is 0 Å². The van der Waals surface area contributed by atoms with E-state index in [1.165, 1.54) is 50.5 Å². The average Bonchev–Trinajstić information content (AvgIpc) is 4.00. The molecule has 4 saturated carbocycles. The van der Waals surface area contributed by atoms with Crippen molar-refractivity contribution in [1.82, 2.24) is 0 Å². The van der Waals surface area contributed by atoms with Crippen molar-refractivity contribution in [1.29, 1.82) is 0 Å². The zero-order chi connectivity index (χ0) is 41.6. The van der Waals surface area contributed by atoms with Crippen molar-refractivity contribution in [3.8, 4) is 0 Å². The minimum Gasteiger partial charge on any atom is -0.387 e. The quantitative estimate of drug-likeness (QED) is 0.0928. The fraction of sp³-hybridized carbons (Fsp3) is 0.519. The Bertz CT molecular complexity index is 1730. The van der Waals surface area contributed by atoms with Gasteiger partial charge in [0.1, 0.15) is 23.9 Å². The Labute approximate surface area is 352 Å². The number of Topliss-reactive ketones (excluding diaryl/α,β-unsaturated/α-hetero) is 1. The van der Waals surface area contributed by atoms with Gasteiger partial charge in [0.2, 0.25) is 0 Å². The molecule has 4 aromatic rings. The lowest BCUT2D eigenvalue weighted by Crippen LogP contribution is -2.40. The summed E-state index contributed by atoms with van der Waals surface area (Å²) >= 11 is 0. The molecule has 1 saturated heterocycles. The Morgan fingerprint density at radius 3 is 1.20 bits per heavy atom. The second-order valence-electron chi connectivity index (χ2n) is 17.8. The summed E-state index contributed by atoms with van der Waals surface area (Å²) in [4.78, 5) is 12.1. The van der Waals surface area contributed by atoms with Gasteiger partial charge in [0.25, 0.3) is 0 Å². The fourth-order valence-corrected chi connectivity index (χ4v) is 9.72. The van der Waals surface area contributed by atoms with Crippen LogP contribution in [0, 0.1) is 0 Å². The summed E-state index contributed by atoms with van der Waals surface area (Å²) in [6, 6.07) is 38.6. The summed E-state index contributed by atoms with van der Waals surface area (Å²) in [5.74, 6) is -0.109. The zero-order valence-corrected chi connectivity index (χ0v) is 35.0. The molecule has 1 heterocycles. The van der Waals surface area contributed by atoms with E-state index in [1.54, 1.807) is 12.1 Å². The first kappa shape index (κ1) is 44.9. The Morgan fingerprint density at radius 1 is 0.458 bits per heavy atom. The molecule has 4 aromatic carbocycles. The smallest absolute Gasteiger partial charge is 0.194 e. The molecule has 4 aliphatic carbocycles. The molecule has 5 fully saturated rings. The molecule has 1 aliphatic heterocycles. The van der Waals surface area contributed by atoms with Gasteiger partial charge in [-0.3, -0.25) is 4.79 Å². The number of hydrogen-bond donors (Lipinski definition) is 5. The molecule has 0 radical (unpaired) electrons. The SMILES string of the molecule is O=C(c1ccccc1)C1(O)CCCCC1.OC(c1ccccc1)C1(O)CCCCC1.OC(c1ccccc1)C1(O)CCCCC1.c1ccc(C2OC23CCCCC3)cc1. The first-order chi connectivity index (χ1) is 28.6. The van der Waals surface area contributed by atoms with Crippen molar-refractivity contribution >= 4 is 5.78 Å². The third kappa shape index (κ3) is 12.0. The highest BCUT2D eigenvalue weighted by molar-refractivity contribution is 6.02. The van der Waals surface area contributed by atoms with E-state index >= 15 is 0 Å². The number of ketones is 1. The largest absolute Gasteiger partial charge is 0.387 e. The first-order valence-corrected chi connectivity index (χ1v) is 22.5. The van der Waals surface area contributed by atoms with Crippen LogP contribution in [0.25, 0.3) is 0 Å². The number of rotatable bonds is 7. The topological polar surface area (TPSA) is 131 Å². The summed E-state index contributed by atoms with van der Waals surface area (Å²) in [6.07, 6.45) is 19.1. The van der Waals surface area contributed by atoms with E-state index in [-0.39, 0.29) is 11.4 Å². The van der Waals surface area contributed by atoms with Gasteiger partial charge in [0, 0.05) is 5.56 Å². The van der Waals surface area contributed by atoms with Crippen molar-refractivity contribution in [3.05, 3.63) is 144 Å². The second-order valence-corrected chi connectivity index (χ2v) is 17.8. The molecular weight excluding hydrogens is 737 g/mol. The van der Waals surface area contributed by atoms with Gasteiger partial charge in [-0.05, 0) is 68.1 Å². The standard InChI is InChI=1S/2C13H18O2.C13H16O2.C13H16O/c3*14-12(11-7-3-1-4-8-11)13(15)9-5-2-6-10-13;1-3-7-11(8-4-1)12-13(14-12)9-5-2-6-10-13/h2*1,3-4,7-8,12,14-15H,2,5-6,9-10H2;1,3-4,7-8,15H,2,5-6,9-10H2;1,3-4,7-8,12H,2,5-6,9-10H2. The van der Waals surface area contributed by atoms with Gasteiger partial charge in [-0.2, -0.15) is 0 Å². The van der Waals surface area contributed by atoms with Crippen molar-refractivity contribution in [2.45, 2.75) is 169 Å². The maximum atomic E-state index is 12.1. The molecule has 0 amide bonds. The number of carbonyl (C=O) groups excluding carboxylic acids is 1. The van der Waals surface area contributed by atoms with Crippen LogP contribution in [0.1, 0.15) is 174 Å². The number of epoxide rings is 1. The number of hydrogen-bond acceptors (Lipinski definition) is 7. The van der Waals surface area contributed by atoms with E-state index in [0.717, 1.165) is 56.1 Å². The lowest BCUT2D eigenvalue weighted by atomic mass is 9.78. The van der Waals surface area contributed by atoms with Crippen LogP contribution < -0.4 is 0 Å². The number of ether oxygens (including phenoxy) is 1. The van der Waals surface area contributed by atoms with E-state index in [1.807, 2.05) is 78.9 Å². The third-order valence-corrected chi connectivity index (χ3v) is 13.4. The average molecular weight is 805 g/mol. The van der Waals surface area contributed by atoms with Gasteiger partial charge in [0.05, 0.1) is 16.8 Å². The molecule has 0 bridgehead atoms. The van der Waals surface area contributed by atoms with Crippen LogP contribution in [-0.4, -0.2) is 53.7 Å². The van der Waals surface area contributed by atoms with Crippen LogP contribution in [0.4, 0.5) is 0 Å². The molecule has 318 valence electrons. The van der Waals surface area contributed by atoms with Crippen LogP contribution >= 0.6 is 0 Å². The predicted molar refractivity (Wildman–Crippen MR) is 234 cm³/mol. The molecule has 5 aliphatic rings. The number of aliphatic hydroxyl groups is 5. The summed E-state index contributed by atoms with van der Waals surface area (Å²) in [6.45, 7) is 0. The van der Waals surface area contributed by atoms with Crippen LogP contribution in [0.2, 0.25) is 0 Å². The van der Waals surface area contributed by atoms with Crippen LogP contribution in [-0.2, 0) is 4.74 Å². The molecule has 0 aromatic heterocycles. The van der Waals surface area contributed by atoms with E-state index in [9.17, 15) is 30.3 Å². The van der Waals surface area contributed by atoms with E-state index in [2.05, 4.69) is 30.3 Å². The molecule has 1 spiro atoms. The van der Waals surface area contributed by atoms with Gasteiger partial charge in [-0.15, -0.1) is 0 Å². The Morgan fingerprint density at radius 2 is 0.797 bits per heavy atom. The Kier molecular flexibility index (Phi) is 16.1. The summed E-state index contributed by atoms with van der Waals surface area (Å²) < 4.78 is 5.93. The van der Waals surface area contributed by atoms with Crippen LogP contribution in [0.5, 0.6) is 0 Å². The highest BCUT2D eigenvalue weighted by Gasteiger charge is 2.56. The van der Waals surface area contributed by atoms with Gasteiger partial charge in [-0.25, -0.2) is 0 Å². The molecule has 3 atom stereocenters. The van der Waals surface area contributed by atoms with Crippen LogP contribution in [0.3, 0.4) is 0 Å². The van der Waals surface area contributed by atoms with Crippen LogP contribution in [0.15, 0.2) is 121 Å². The second kappa shape index (κ2) is 21.2. The molecule has 7 nitrogen and oxygen atoms in total. The number of aliphatic hydroxyl groups excluding tert-OH is 2. The first-order valence-electron chi connectivity index (χ1n) is 22.5. The molecular formula is C52H68O7. The Balaban J connectivity index is 0.000000132. The summed E-state index contributed by atoms with van der Waals surface area (Å²) in [7, 11) is 0. The maximum Gasteiger partial charge on any atom is 0.194 e. The lowest BCUT2D eigenvalue weighted by Gasteiger charge is -2.36. The Hall–Kier alpha value is -3.69. The lowest BCUT2D eigenvalue weighted by molar-refractivity contribution is -0.0992. The maximum absolute atomic E-state index is 12.1. The summed E-state index contributed by atoms with van der Waals surface area (Å²) in [5.41, 5.74) is 0.985. The van der Waals surface area contributed by atoms with Gasteiger partial charge < -0.3 is 30.3 Å². The molecule has 59 heavy (non-hydrogen) atoms. The van der Waals surface area contributed by atoms with Crippen molar-refractivity contribution < 1.29 is 35.1 Å². The van der Waals surface area contributed by atoms with Gasteiger partial charge >= 0.3 is 0 Å². The molecule has 9 rings (SSSR count). The fourth-order valence-electron chi connectivity index (χ4n) is 9.72. The number of benzene rings is 4. The zero-order valence-electron chi connectivity index (χ0n) is 35.0. The predicted octanol–water partition coefficient (Wildman–Crippen LogP) is 10.9. The normalized spacial score (nSPS) is 23.2. The molecule has 7 heteroatoms. The minimum absolute atomic E-state index is 0.109. The molecule has 5 N–H and O–H groups in total. The number of carbonyl (C=O) groups is 1. The van der Waals surface area contributed by atoms with E-state index in [0.29, 0.717) is 50.2 Å². The van der Waals surface area contributed by atoms with Gasteiger partial charge in [-0.1, -0.05) is 198 Å².